The van der Waals surface area contributed by atoms with Crippen molar-refractivity contribution < 1.29 is 14.3 Å². The third-order valence-corrected chi connectivity index (χ3v) is 4.71. The Morgan fingerprint density at radius 1 is 1.19 bits per heavy atom. The maximum Gasteiger partial charge on any atom is 0.274 e. The third kappa shape index (κ3) is 4.89. The maximum atomic E-state index is 12.7. The fourth-order valence-corrected chi connectivity index (χ4v) is 3.19. The molecule has 0 saturated heterocycles. The molecular weight excluding hydrogens is 344 g/mol. The van der Waals surface area contributed by atoms with Crippen LogP contribution in [0.2, 0.25) is 0 Å². The third-order valence-electron chi connectivity index (χ3n) is 4.71. The molecule has 27 heavy (non-hydrogen) atoms. The molecule has 1 aliphatic rings. The SMILES string of the molecule is COCCN(CCC(=O)N1CCc2ccccc2C1)C(=O)c1cnccn1. The number of carbonyl (C=O) groups excluding carboxylic acids is 2. The Labute approximate surface area is 159 Å². The van der Waals surface area contributed by atoms with Crippen LogP contribution in [0.4, 0.5) is 0 Å². The predicted molar refractivity (Wildman–Crippen MR) is 100.0 cm³/mol. The highest BCUT2D eigenvalue weighted by Gasteiger charge is 2.23. The number of aromatic nitrogens is 2. The highest BCUT2D eigenvalue weighted by Crippen LogP contribution is 2.19. The average Bonchev–Trinajstić information content (AvgIpc) is 2.73. The van der Waals surface area contributed by atoms with Crippen LogP contribution in [-0.4, -0.2) is 64.9 Å². The van der Waals surface area contributed by atoms with E-state index in [1.807, 2.05) is 17.0 Å². The molecule has 0 aliphatic carbocycles. The number of methoxy groups -OCH3 is 1. The summed E-state index contributed by atoms with van der Waals surface area (Å²) in [6.45, 7) is 2.48. The van der Waals surface area contributed by atoms with E-state index in [-0.39, 0.29) is 23.9 Å². The monoisotopic (exact) mass is 368 g/mol. The van der Waals surface area contributed by atoms with Crippen molar-refractivity contribution >= 4 is 11.8 Å². The van der Waals surface area contributed by atoms with Crippen LogP contribution in [0.3, 0.4) is 0 Å². The van der Waals surface area contributed by atoms with Crippen LogP contribution in [-0.2, 0) is 22.5 Å². The van der Waals surface area contributed by atoms with Gasteiger partial charge in [-0.05, 0) is 17.5 Å². The molecule has 2 amide bonds. The van der Waals surface area contributed by atoms with Crippen molar-refractivity contribution in [3.63, 3.8) is 0 Å². The molecule has 0 radical (unpaired) electrons. The molecule has 0 spiro atoms. The highest BCUT2D eigenvalue weighted by molar-refractivity contribution is 5.92. The van der Waals surface area contributed by atoms with Gasteiger partial charge >= 0.3 is 0 Å². The number of amides is 2. The van der Waals surface area contributed by atoms with Crippen LogP contribution in [0.15, 0.2) is 42.9 Å². The number of hydrogen-bond acceptors (Lipinski definition) is 5. The first kappa shape index (κ1) is 19.0. The number of carbonyl (C=O) groups is 2. The Kier molecular flexibility index (Phi) is 6.49. The largest absolute Gasteiger partial charge is 0.383 e. The lowest BCUT2D eigenvalue weighted by Crippen LogP contribution is -2.40. The molecule has 2 aromatic rings. The molecule has 1 aromatic carbocycles. The number of ether oxygens (including phenoxy) is 1. The molecule has 0 bridgehead atoms. The lowest BCUT2D eigenvalue weighted by molar-refractivity contribution is -0.132. The Morgan fingerprint density at radius 3 is 2.74 bits per heavy atom. The van der Waals surface area contributed by atoms with Gasteiger partial charge in [-0.25, -0.2) is 4.98 Å². The first-order chi connectivity index (χ1) is 13.2. The van der Waals surface area contributed by atoms with Crippen LogP contribution < -0.4 is 0 Å². The van der Waals surface area contributed by atoms with Crippen LogP contribution >= 0.6 is 0 Å². The van der Waals surface area contributed by atoms with Crippen molar-refractivity contribution in [2.24, 2.45) is 0 Å². The summed E-state index contributed by atoms with van der Waals surface area (Å²) in [5.74, 6) is -0.184. The van der Waals surface area contributed by atoms with E-state index in [9.17, 15) is 9.59 Å². The molecule has 1 aliphatic heterocycles. The molecule has 0 N–H and O–H groups in total. The molecule has 1 aromatic heterocycles. The maximum absolute atomic E-state index is 12.7. The van der Waals surface area contributed by atoms with Gasteiger partial charge in [0.25, 0.3) is 5.91 Å². The second kappa shape index (κ2) is 9.23. The Balaban J connectivity index is 1.60. The zero-order valence-corrected chi connectivity index (χ0v) is 15.5. The molecular formula is C20H24N4O3. The minimum atomic E-state index is -0.239. The van der Waals surface area contributed by atoms with Gasteiger partial charge in [-0.1, -0.05) is 24.3 Å². The summed E-state index contributed by atoms with van der Waals surface area (Å²) in [4.78, 5) is 36.8. The fraction of sp³-hybridized carbons (Fsp3) is 0.400. The summed E-state index contributed by atoms with van der Waals surface area (Å²) in [6, 6.07) is 8.21. The average molecular weight is 368 g/mol. The van der Waals surface area contributed by atoms with Crippen molar-refractivity contribution in [3.05, 3.63) is 59.7 Å². The molecule has 142 valence electrons. The Morgan fingerprint density at radius 2 is 2.00 bits per heavy atom. The van der Waals surface area contributed by atoms with Crippen molar-refractivity contribution in [2.75, 3.05) is 33.4 Å². The van der Waals surface area contributed by atoms with Crippen LogP contribution in [0.1, 0.15) is 28.0 Å². The van der Waals surface area contributed by atoms with Crippen molar-refractivity contribution in [1.82, 2.24) is 19.8 Å². The minimum absolute atomic E-state index is 0.0545. The summed E-state index contributed by atoms with van der Waals surface area (Å²) in [6.07, 6.45) is 5.59. The quantitative estimate of drug-likeness (QED) is 0.741. The normalized spacial score (nSPS) is 13.1. The van der Waals surface area contributed by atoms with Gasteiger partial charge in [-0.2, -0.15) is 0 Å². The van der Waals surface area contributed by atoms with Gasteiger partial charge in [0.1, 0.15) is 5.69 Å². The van der Waals surface area contributed by atoms with Crippen LogP contribution in [0.25, 0.3) is 0 Å². The molecule has 0 unspecified atom stereocenters. The summed E-state index contributed by atoms with van der Waals surface area (Å²) in [5, 5.41) is 0. The zero-order valence-electron chi connectivity index (χ0n) is 15.5. The molecule has 7 nitrogen and oxygen atoms in total. The summed E-state index contributed by atoms with van der Waals surface area (Å²) >= 11 is 0. The van der Waals surface area contributed by atoms with E-state index < -0.39 is 0 Å². The number of fused-ring (bicyclic) bond motifs is 1. The molecule has 0 saturated carbocycles. The zero-order chi connectivity index (χ0) is 19.1. The van der Waals surface area contributed by atoms with Crippen molar-refractivity contribution in [3.8, 4) is 0 Å². The molecule has 0 fully saturated rings. The highest BCUT2D eigenvalue weighted by atomic mass is 16.5. The predicted octanol–water partition coefficient (Wildman–Crippen LogP) is 1.54. The fourth-order valence-electron chi connectivity index (χ4n) is 3.19. The van der Waals surface area contributed by atoms with Gasteiger partial charge in [0, 0.05) is 52.1 Å². The van der Waals surface area contributed by atoms with E-state index in [4.69, 9.17) is 4.74 Å². The number of hydrogen-bond donors (Lipinski definition) is 0. The van der Waals surface area contributed by atoms with Crippen molar-refractivity contribution in [1.29, 1.82) is 0 Å². The van der Waals surface area contributed by atoms with Crippen molar-refractivity contribution in [2.45, 2.75) is 19.4 Å². The Bertz CT molecular complexity index is 782. The summed E-state index contributed by atoms with van der Waals surface area (Å²) in [5.41, 5.74) is 2.78. The topological polar surface area (TPSA) is 75.6 Å². The smallest absolute Gasteiger partial charge is 0.274 e. The first-order valence-electron chi connectivity index (χ1n) is 9.08. The molecule has 7 heteroatoms. The van der Waals surface area contributed by atoms with Gasteiger partial charge in [-0.3, -0.25) is 14.6 Å². The standard InChI is InChI=1S/C20H24N4O3/c1-27-13-12-23(20(26)18-14-21-8-9-22-18)11-7-19(25)24-10-6-16-4-2-3-5-17(16)15-24/h2-5,8-9,14H,6-7,10-13,15H2,1H3. The van der Waals surface area contributed by atoms with Crippen LogP contribution in [0, 0.1) is 0 Å². The summed E-state index contributed by atoms with van der Waals surface area (Å²) in [7, 11) is 1.58. The minimum Gasteiger partial charge on any atom is -0.383 e. The van der Waals surface area contributed by atoms with Gasteiger partial charge in [-0.15, -0.1) is 0 Å². The second-order valence-electron chi connectivity index (χ2n) is 6.46. The number of benzene rings is 1. The molecule has 0 atom stereocenters. The van der Waals surface area contributed by atoms with E-state index in [1.165, 1.54) is 29.7 Å². The lowest BCUT2D eigenvalue weighted by atomic mass is 10.00. The van der Waals surface area contributed by atoms with E-state index >= 15 is 0 Å². The number of rotatable bonds is 7. The lowest BCUT2D eigenvalue weighted by Gasteiger charge is -2.30. The Hall–Kier alpha value is -2.80. The molecule has 3 rings (SSSR count). The molecule has 2 heterocycles. The van der Waals surface area contributed by atoms with Crippen LogP contribution in [0.5, 0.6) is 0 Å². The van der Waals surface area contributed by atoms with Gasteiger partial charge < -0.3 is 14.5 Å². The van der Waals surface area contributed by atoms with Gasteiger partial charge in [0.05, 0.1) is 12.8 Å². The summed E-state index contributed by atoms with van der Waals surface area (Å²) < 4.78 is 5.10. The van der Waals surface area contributed by atoms with E-state index in [0.29, 0.717) is 32.8 Å². The first-order valence-corrected chi connectivity index (χ1v) is 9.08. The second-order valence-corrected chi connectivity index (χ2v) is 6.46. The van der Waals surface area contributed by atoms with E-state index in [2.05, 4.69) is 22.1 Å². The number of nitrogens with zero attached hydrogens (tertiary/aromatic N) is 4. The van der Waals surface area contributed by atoms with E-state index in [1.54, 1.807) is 12.0 Å². The van der Waals surface area contributed by atoms with E-state index in [0.717, 1.165) is 6.42 Å². The van der Waals surface area contributed by atoms with Gasteiger partial charge in [0.15, 0.2) is 0 Å². The van der Waals surface area contributed by atoms with Gasteiger partial charge in [0.2, 0.25) is 5.91 Å².